The van der Waals surface area contributed by atoms with Crippen LogP contribution < -0.4 is 10.6 Å². The maximum Gasteiger partial charge on any atom is 0.0616 e. The van der Waals surface area contributed by atoms with Crippen molar-refractivity contribution in [1.82, 2.24) is 20.2 Å². The standard InChI is InChI=1S/C32H40N4/c1-22(2)20-23-21-32(3,36-30-13-9-7-11-26(30)27(31(23)36)16-19-34-5)17-14-29-25(15-18-33-4)24-10-6-8-12-28(24)35-29/h6-14,17,20,23,33-35H,15-16,18-19,21H2,1-5H3/b17-14+/t23-,32?/m0/s1. The molecule has 0 aliphatic carbocycles. The van der Waals surface area contributed by atoms with Gasteiger partial charge in [-0.15, -0.1) is 0 Å². The van der Waals surface area contributed by atoms with Crippen molar-refractivity contribution in [2.75, 3.05) is 27.2 Å². The predicted molar refractivity (Wildman–Crippen MR) is 155 cm³/mol. The van der Waals surface area contributed by atoms with Crippen molar-refractivity contribution < 1.29 is 0 Å². The van der Waals surface area contributed by atoms with Crippen LogP contribution in [0.25, 0.3) is 27.9 Å². The zero-order chi connectivity index (χ0) is 25.3. The molecule has 0 saturated carbocycles. The highest BCUT2D eigenvalue weighted by atomic mass is 15.1. The minimum atomic E-state index is -0.110. The molecule has 2 aromatic heterocycles. The quantitative estimate of drug-likeness (QED) is 0.239. The van der Waals surface area contributed by atoms with Gasteiger partial charge in [0.15, 0.2) is 0 Å². The summed E-state index contributed by atoms with van der Waals surface area (Å²) in [5, 5.41) is 9.42. The van der Waals surface area contributed by atoms with Crippen molar-refractivity contribution in [3.8, 4) is 0 Å². The topological polar surface area (TPSA) is 44.8 Å². The van der Waals surface area contributed by atoms with Gasteiger partial charge in [-0.25, -0.2) is 0 Å². The van der Waals surface area contributed by atoms with Crippen LogP contribution in [0.3, 0.4) is 0 Å². The smallest absolute Gasteiger partial charge is 0.0616 e. The van der Waals surface area contributed by atoms with E-state index in [1.807, 2.05) is 14.1 Å². The number of allylic oxidation sites excluding steroid dienone is 3. The Labute approximate surface area is 215 Å². The van der Waals surface area contributed by atoms with E-state index in [1.165, 1.54) is 49.9 Å². The highest BCUT2D eigenvalue weighted by Gasteiger charge is 2.40. The van der Waals surface area contributed by atoms with E-state index < -0.39 is 0 Å². The molecule has 0 radical (unpaired) electrons. The van der Waals surface area contributed by atoms with Crippen molar-refractivity contribution in [3.05, 3.63) is 88.8 Å². The molecule has 1 aliphatic heterocycles. The molecule has 188 valence electrons. The van der Waals surface area contributed by atoms with Gasteiger partial charge in [0.25, 0.3) is 0 Å². The van der Waals surface area contributed by atoms with Gasteiger partial charge >= 0.3 is 0 Å². The largest absolute Gasteiger partial charge is 0.355 e. The van der Waals surface area contributed by atoms with E-state index in [2.05, 4.69) is 108 Å². The van der Waals surface area contributed by atoms with E-state index in [0.29, 0.717) is 5.92 Å². The summed E-state index contributed by atoms with van der Waals surface area (Å²) in [4.78, 5) is 3.71. The van der Waals surface area contributed by atoms with Crippen molar-refractivity contribution >= 4 is 27.9 Å². The second-order valence-corrected chi connectivity index (χ2v) is 10.7. The van der Waals surface area contributed by atoms with Crippen LogP contribution in [0.4, 0.5) is 0 Å². The molecule has 2 atom stereocenters. The molecule has 0 fully saturated rings. The van der Waals surface area contributed by atoms with E-state index in [0.717, 1.165) is 32.4 Å². The summed E-state index contributed by atoms with van der Waals surface area (Å²) in [6.07, 6.45) is 10.4. The zero-order valence-electron chi connectivity index (χ0n) is 22.4. The van der Waals surface area contributed by atoms with Gasteiger partial charge in [0.05, 0.1) is 5.54 Å². The molecule has 1 unspecified atom stereocenters. The predicted octanol–water partition coefficient (Wildman–Crippen LogP) is 6.53. The fraction of sp³-hybridized carbons (Fsp3) is 0.375. The Bertz CT molecular complexity index is 1430. The number of rotatable bonds is 9. The van der Waals surface area contributed by atoms with Crippen LogP contribution in [-0.4, -0.2) is 36.7 Å². The van der Waals surface area contributed by atoms with Gasteiger partial charge in [-0.1, -0.05) is 54.1 Å². The lowest BCUT2D eigenvalue weighted by atomic mass is 9.88. The summed E-state index contributed by atoms with van der Waals surface area (Å²) < 4.78 is 2.64. The Morgan fingerprint density at radius 1 is 0.972 bits per heavy atom. The number of fused-ring (bicyclic) bond motifs is 4. The lowest BCUT2D eigenvalue weighted by molar-refractivity contribution is 0.439. The normalized spacial score (nSPS) is 19.5. The molecule has 3 heterocycles. The first-order valence-corrected chi connectivity index (χ1v) is 13.3. The third-order valence-corrected chi connectivity index (χ3v) is 7.76. The SMILES string of the molecule is CNCCc1c(/C=C/C2(C)C[C@H](C=C(C)C)c3c(CCNC)c4ccccc4n32)[nH]c2ccccc12. The van der Waals surface area contributed by atoms with Crippen LogP contribution >= 0.6 is 0 Å². The molecule has 1 aliphatic rings. The van der Waals surface area contributed by atoms with Gasteiger partial charge < -0.3 is 20.2 Å². The number of aromatic nitrogens is 2. The van der Waals surface area contributed by atoms with Crippen molar-refractivity contribution in [2.45, 2.75) is 51.5 Å². The first kappa shape index (κ1) is 24.6. The minimum Gasteiger partial charge on any atom is -0.355 e. The molecular formula is C32H40N4. The number of hydrogen-bond acceptors (Lipinski definition) is 2. The molecule has 0 spiro atoms. The van der Waals surface area contributed by atoms with Crippen LogP contribution in [0.5, 0.6) is 0 Å². The van der Waals surface area contributed by atoms with E-state index >= 15 is 0 Å². The molecule has 36 heavy (non-hydrogen) atoms. The van der Waals surface area contributed by atoms with E-state index in [-0.39, 0.29) is 5.54 Å². The average molecular weight is 481 g/mol. The Kier molecular flexibility index (Phi) is 6.92. The van der Waals surface area contributed by atoms with E-state index in [1.54, 1.807) is 0 Å². The molecular weight excluding hydrogens is 440 g/mol. The second kappa shape index (κ2) is 10.1. The van der Waals surface area contributed by atoms with Gasteiger partial charge in [0.2, 0.25) is 0 Å². The maximum absolute atomic E-state index is 3.71. The first-order chi connectivity index (χ1) is 17.5. The van der Waals surface area contributed by atoms with Crippen LogP contribution in [-0.2, 0) is 18.4 Å². The molecule has 0 saturated heterocycles. The number of H-pyrrole nitrogens is 1. The molecule has 5 rings (SSSR count). The van der Waals surface area contributed by atoms with Crippen molar-refractivity contribution in [2.24, 2.45) is 0 Å². The number of likely N-dealkylation sites (N-methyl/N-ethyl adjacent to an activating group) is 2. The monoisotopic (exact) mass is 480 g/mol. The van der Waals surface area contributed by atoms with Crippen LogP contribution in [0, 0.1) is 0 Å². The molecule has 2 aromatic carbocycles. The molecule has 0 amide bonds. The summed E-state index contributed by atoms with van der Waals surface area (Å²) in [6.45, 7) is 8.81. The lowest BCUT2D eigenvalue weighted by Gasteiger charge is -2.25. The van der Waals surface area contributed by atoms with Gasteiger partial charge in [-0.3, -0.25) is 0 Å². The molecule has 0 bridgehead atoms. The molecule has 4 aromatic rings. The Hall–Kier alpha value is -3.08. The number of hydrogen-bond donors (Lipinski definition) is 3. The number of para-hydroxylation sites is 2. The number of aromatic amines is 1. The number of nitrogens with zero attached hydrogens (tertiary/aromatic N) is 1. The van der Waals surface area contributed by atoms with E-state index in [4.69, 9.17) is 0 Å². The second-order valence-electron chi connectivity index (χ2n) is 10.7. The summed E-state index contributed by atoms with van der Waals surface area (Å²) in [6, 6.07) is 17.7. The van der Waals surface area contributed by atoms with Crippen LogP contribution in [0.1, 0.15) is 55.6 Å². The highest BCUT2D eigenvalue weighted by molar-refractivity contribution is 5.88. The Balaban J connectivity index is 1.65. The van der Waals surface area contributed by atoms with Crippen LogP contribution in [0.15, 0.2) is 66.3 Å². The van der Waals surface area contributed by atoms with Gasteiger partial charge in [-0.05, 0) is 96.6 Å². The summed E-state index contributed by atoms with van der Waals surface area (Å²) in [5.74, 6) is 0.412. The minimum absolute atomic E-state index is 0.110. The molecule has 4 heteroatoms. The third kappa shape index (κ3) is 4.33. The van der Waals surface area contributed by atoms with Gasteiger partial charge in [0, 0.05) is 39.1 Å². The summed E-state index contributed by atoms with van der Waals surface area (Å²) >= 11 is 0. The van der Waals surface area contributed by atoms with Crippen molar-refractivity contribution in [3.63, 3.8) is 0 Å². The first-order valence-electron chi connectivity index (χ1n) is 13.3. The lowest BCUT2D eigenvalue weighted by Crippen LogP contribution is -2.23. The zero-order valence-corrected chi connectivity index (χ0v) is 22.4. The molecule has 4 nitrogen and oxygen atoms in total. The summed E-state index contributed by atoms with van der Waals surface area (Å²) in [7, 11) is 4.07. The number of nitrogens with one attached hydrogen (secondary N) is 3. The molecule has 3 N–H and O–H groups in total. The Morgan fingerprint density at radius 2 is 1.64 bits per heavy atom. The Morgan fingerprint density at radius 3 is 2.36 bits per heavy atom. The van der Waals surface area contributed by atoms with Crippen molar-refractivity contribution in [1.29, 1.82) is 0 Å². The highest BCUT2D eigenvalue weighted by Crippen LogP contribution is 2.49. The third-order valence-electron chi connectivity index (χ3n) is 7.76. The number of benzene rings is 2. The average Bonchev–Trinajstić information content (AvgIpc) is 3.48. The van der Waals surface area contributed by atoms with E-state index in [9.17, 15) is 0 Å². The fourth-order valence-corrected chi connectivity index (χ4v) is 6.24. The maximum atomic E-state index is 3.71. The van der Waals surface area contributed by atoms with Gasteiger partial charge in [0.1, 0.15) is 0 Å². The fourth-order valence-electron chi connectivity index (χ4n) is 6.24. The van der Waals surface area contributed by atoms with Crippen LogP contribution in [0.2, 0.25) is 0 Å². The van der Waals surface area contributed by atoms with Gasteiger partial charge in [-0.2, -0.15) is 0 Å². The summed E-state index contributed by atoms with van der Waals surface area (Å²) in [5.41, 5.74) is 9.45.